The average molecular weight is 190 g/mol. The van der Waals surface area contributed by atoms with Gasteiger partial charge in [0.05, 0.1) is 6.10 Å². The Kier molecular flexibility index (Phi) is 3.83. The maximum atomic E-state index is 9.62. The van der Waals surface area contributed by atoms with Crippen molar-refractivity contribution < 1.29 is 5.11 Å². The summed E-state index contributed by atoms with van der Waals surface area (Å²) in [5.41, 5.74) is 0. The summed E-state index contributed by atoms with van der Waals surface area (Å²) in [4.78, 5) is 0. The number of β-amino-alcohol motifs (C(OH)–C–C–N with tert-alkyl or cyclic N) is 1. The molecule has 4 heteroatoms. The van der Waals surface area contributed by atoms with Gasteiger partial charge in [0.15, 0.2) is 0 Å². The van der Waals surface area contributed by atoms with Crippen LogP contribution in [-0.2, 0) is 0 Å². The van der Waals surface area contributed by atoms with Crippen LogP contribution in [0.5, 0.6) is 0 Å². The molecule has 1 fully saturated rings. The number of rotatable bonds is 3. The molecule has 0 aliphatic carbocycles. The van der Waals surface area contributed by atoms with Crippen molar-refractivity contribution in [1.82, 2.24) is 9.62 Å². The van der Waals surface area contributed by atoms with Crippen molar-refractivity contribution in [3.63, 3.8) is 0 Å². The molecule has 0 aromatic carbocycles. The van der Waals surface area contributed by atoms with Gasteiger partial charge in [0.1, 0.15) is 0 Å². The van der Waals surface area contributed by atoms with E-state index in [1.165, 1.54) is 0 Å². The van der Waals surface area contributed by atoms with Gasteiger partial charge in [-0.15, -0.1) is 0 Å². The predicted molar refractivity (Wildman–Crippen MR) is 53.2 cm³/mol. The maximum Gasteiger partial charge on any atom is 0.0842 e. The Hall–Kier alpha value is 0.230. The second-order valence-electron chi connectivity index (χ2n) is 3.52. The van der Waals surface area contributed by atoms with Crippen molar-refractivity contribution in [2.75, 3.05) is 19.3 Å². The van der Waals surface area contributed by atoms with E-state index >= 15 is 0 Å². The van der Waals surface area contributed by atoms with E-state index in [4.69, 9.17) is 0 Å². The Morgan fingerprint density at radius 3 is 2.58 bits per heavy atom. The highest BCUT2D eigenvalue weighted by Crippen LogP contribution is 2.17. The van der Waals surface area contributed by atoms with E-state index in [1.807, 2.05) is 6.26 Å². The van der Waals surface area contributed by atoms with E-state index in [0.717, 1.165) is 13.1 Å². The smallest absolute Gasteiger partial charge is 0.0842 e. The van der Waals surface area contributed by atoms with Crippen LogP contribution in [0.3, 0.4) is 0 Å². The Morgan fingerprint density at radius 2 is 2.17 bits per heavy atom. The first kappa shape index (κ1) is 10.3. The van der Waals surface area contributed by atoms with Crippen LogP contribution < -0.4 is 5.32 Å². The van der Waals surface area contributed by atoms with E-state index in [2.05, 4.69) is 23.5 Å². The second kappa shape index (κ2) is 4.46. The van der Waals surface area contributed by atoms with Gasteiger partial charge >= 0.3 is 0 Å². The molecule has 1 saturated heterocycles. The van der Waals surface area contributed by atoms with Gasteiger partial charge in [-0.3, -0.25) is 0 Å². The average Bonchev–Trinajstić information content (AvgIpc) is 2.31. The van der Waals surface area contributed by atoms with E-state index < -0.39 is 0 Å². The summed E-state index contributed by atoms with van der Waals surface area (Å²) in [5.74, 6) is 0. The summed E-state index contributed by atoms with van der Waals surface area (Å²) in [5, 5.41) is 13.0. The third-order valence-electron chi connectivity index (χ3n) is 2.06. The number of nitrogens with one attached hydrogen (secondary N) is 1. The molecule has 2 N–H and O–H groups in total. The molecule has 2 unspecified atom stereocenters. The predicted octanol–water partition coefficient (Wildman–Crippen LogP) is 0.307. The Balaban J connectivity index is 2.35. The van der Waals surface area contributed by atoms with E-state index in [0.29, 0.717) is 6.04 Å². The molecule has 1 rings (SSSR count). The lowest BCUT2D eigenvalue weighted by Gasteiger charge is -2.18. The normalized spacial score (nSPS) is 31.8. The standard InChI is InChI=1S/C8H18N2OS/c1-6(2)9-7-4-10(12-3)5-8(7)11/h6-9,11H,4-5H2,1-3H3. The van der Waals surface area contributed by atoms with E-state index in [-0.39, 0.29) is 12.1 Å². The molecular formula is C8H18N2OS. The van der Waals surface area contributed by atoms with Gasteiger partial charge in [-0.2, -0.15) is 0 Å². The molecule has 0 bridgehead atoms. The van der Waals surface area contributed by atoms with Crippen molar-refractivity contribution in [3.8, 4) is 0 Å². The van der Waals surface area contributed by atoms with Crippen molar-refractivity contribution in [2.24, 2.45) is 0 Å². The molecule has 0 aromatic heterocycles. The van der Waals surface area contributed by atoms with Gasteiger partial charge in [0.2, 0.25) is 0 Å². The third-order valence-corrected chi connectivity index (χ3v) is 2.88. The molecule has 0 aromatic rings. The molecule has 3 nitrogen and oxygen atoms in total. The fourth-order valence-corrected chi connectivity index (χ4v) is 2.10. The van der Waals surface area contributed by atoms with Gasteiger partial charge in [-0.1, -0.05) is 25.8 Å². The Labute approximate surface area is 78.7 Å². The lowest BCUT2D eigenvalue weighted by Crippen LogP contribution is -2.42. The van der Waals surface area contributed by atoms with Crippen molar-refractivity contribution >= 4 is 11.9 Å². The molecule has 1 aliphatic rings. The topological polar surface area (TPSA) is 35.5 Å². The summed E-state index contributed by atoms with van der Waals surface area (Å²) in [7, 11) is 0. The fourth-order valence-electron chi connectivity index (χ4n) is 1.49. The minimum Gasteiger partial charge on any atom is -0.390 e. The molecule has 0 saturated carbocycles. The van der Waals surface area contributed by atoms with Gasteiger partial charge < -0.3 is 10.4 Å². The van der Waals surface area contributed by atoms with Gasteiger partial charge in [-0.05, 0) is 6.26 Å². The van der Waals surface area contributed by atoms with Crippen LogP contribution in [0.2, 0.25) is 0 Å². The van der Waals surface area contributed by atoms with Crippen LogP contribution in [0.15, 0.2) is 0 Å². The highest BCUT2D eigenvalue weighted by molar-refractivity contribution is 7.96. The Bertz CT molecular complexity index is 143. The van der Waals surface area contributed by atoms with Crippen LogP contribution in [0.25, 0.3) is 0 Å². The van der Waals surface area contributed by atoms with Gasteiger partial charge in [0.25, 0.3) is 0 Å². The van der Waals surface area contributed by atoms with Gasteiger partial charge in [-0.25, -0.2) is 4.31 Å². The van der Waals surface area contributed by atoms with Crippen molar-refractivity contribution in [3.05, 3.63) is 0 Å². The molecule has 0 spiro atoms. The van der Waals surface area contributed by atoms with Crippen LogP contribution in [-0.4, -0.2) is 46.9 Å². The van der Waals surface area contributed by atoms with Crippen molar-refractivity contribution in [2.45, 2.75) is 32.0 Å². The van der Waals surface area contributed by atoms with Crippen LogP contribution in [0.1, 0.15) is 13.8 Å². The lowest BCUT2D eigenvalue weighted by molar-refractivity contribution is 0.156. The van der Waals surface area contributed by atoms with E-state index in [1.54, 1.807) is 11.9 Å². The molecule has 0 amide bonds. The SMILES string of the molecule is CSN1CC(O)C(NC(C)C)C1. The highest BCUT2D eigenvalue weighted by Gasteiger charge is 2.30. The van der Waals surface area contributed by atoms with Crippen LogP contribution in [0, 0.1) is 0 Å². The third kappa shape index (κ3) is 2.62. The summed E-state index contributed by atoms with van der Waals surface area (Å²) in [6.45, 7) is 5.94. The monoisotopic (exact) mass is 190 g/mol. The summed E-state index contributed by atoms with van der Waals surface area (Å²) >= 11 is 1.70. The molecule has 72 valence electrons. The summed E-state index contributed by atoms with van der Waals surface area (Å²) in [6.07, 6.45) is 1.84. The van der Waals surface area contributed by atoms with Crippen molar-refractivity contribution in [1.29, 1.82) is 0 Å². The maximum absolute atomic E-state index is 9.62. The summed E-state index contributed by atoms with van der Waals surface area (Å²) in [6, 6.07) is 0.698. The quantitative estimate of drug-likeness (QED) is 0.628. The zero-order chi connectivity index (χ0) is 9.14. The molecule has 12 heavy (non-hydrogen) atoms. The minimum atomic E-state index is -0.208. The number of hydrogen-bond donors (Lipinski definition) is 2. The van der Waals surface area contributed by atoms with Crippen LogP contribution in [0.4, 0.5) is 0 Å². The van der Waals surface area contributed by atoms with E-state index in [9.17, 15) is 5.11 Å². The molecule has 1 heterocycles. The first-order valence-electron chi connectivity index (χ1n) is 4.36. The molecule has 0 radical (unpaired) electrons. The zero-order valence-corrected chi connectivity index (χ0v) is 8.77. The zero-order valence-electron chi connectivity index (χ0n) is 7.95. The molecular weight excluding hydrogens is 172 g/mol. The largest absolute Gasteiger partial charge is 0.390 e. The van der Waals surface area contributed by atoms with Gasteiger partial charge in [0, 0.05) is 25.2 Å². The second-order valence-corrected chi connectivity index (χ2v) is 4.41. The first-order valence-corrected chi connectivity index (χ1v) is 5.55. The van der Waals surface area contributed by atoms with Crippen LogP contribution >= 0.6 is 11.9 Å². The number of hydrogen-bond acceptors (Lipinski definition) is 4. The minimum absolute atomic E-state index is 0.208. The highest BCUT2D eigenvalue weighted by atomic mass is 32.2. The number of aliphatic hydroxyl groups is 1. The fraction of sp³-hybridized carbons (Fsp3) is 1.00. The number of aliphatic hydroxyl groups excluding tert-OH is 1. The first-order chi connectivity index (χ1) is 5.63. The number of nitrogens with zero attached hydrogens (tertiary/aromatic N) is 1. The lowest BCUT2D eigenvalue weighted by atomic mass is 10.2. The summed E-state index contributed by atoms with van der Waals surface area (Å²) < 4.78 is 2.19. The Morgan fingerprint density at radius 1 is 1.50 bits per heavy atom. The molecule has 2 atom stereocenters. The molecule has 1 aliphatic heterocycles.